The maximum absolute atomic E-state index is 13.2. The molecule has 1 aromatic carbocycles. The summed E-state index contributed by atoms with van der Waals surface area (Å²) in [5.41, 5.74) is 1.62. The maximum Gasteiger partial charge on any atom is 0.124 e. The van der Waals surface area contributed by atoms with Gasteiger partial charge in [-0.3, -0.25) is 0 Å². The fourth-order valence-corrected chi connectivity index (χ4v) is 1.96. The SMILES string of the molecule is COc1ccc(F)cc1Cn1cc(CCCCl)nn1. The Bertz CT molecular complexity index is 544. The largest absolute Gasteiger partial charge is 0.496 e. The number of rotatable bonds is 6. The number of aryl methyl sites for hydroxylation is 1. The van der Waals surface area contributed by atoms with Crippen LogP contribution in [-0.4, -0.2) is 28.0 Å². The summed E-state index contributed by atoms with van der Waals surface area (Å²) in [6.07, 6.45) is 3.50. The quantitative estimate of drug-likeness (QED) is 0.765. The predicted octanol–water partition coefficient (Wildman–Crippen LogP) is 2.65. The van der Waals surface area contributed by atoms with E-state index < -0.39 is 0 Å². The Hall–Kier alpha value is -1.62. The average Bonchev–Trinajstić information content (AvgIpc) is 2.84. The normalized spacial score (nSPS) is 10.7. The van der Waals surface area contributed by atoms with Crippen molar-refractivity contribution in [3.63, 3.8) is 0 Å². The monoisotopic (exact) mass is 283 g/mol. The second kappa shape index (κ2) is 6.52. The summed E-state index contributed by atoms with van der Waals surface area (Å²) in [4.78, 5) is 0. The smallest absolute Gasteiger partial charge is 0.124 e. The van der Waals surface area contributed by atoms with E-state index in [1.165, 1.54) is 12.1 Å². The van der Waals surface area contributed by atoms with Gasteiger partial charge in [-0.2, -0.15) is 0 Å². The van der Waals surface area contributed by atoms with Gasteiger partial charge in [0, 0.05) is 17.6 Å². The van der Waals surface area contributed by atoms with Crippen molar-refractivity contribution in [2.24, 2.45) is 0 Å². The molecule has 0 aliphatic heterocycles. The summed E-state index contributed by atoms with van der Waals surface area (Å²) >= 11 is 5.63. The molecule has 0 atom stereocenters. The Kier molecular flexibility index (Phi) is 4.74. The van der Waals surface area contributed by atoms with E-state index in [4.69, 9.17) is 16.3 Å². The molecule has 0 fully saturated rings. The molecule has 0 aliphatic rings. The Morgan fingerprint density at radius 1 is 1.42 bits per heavy atom. The highest BCUT2D eigenvalue weighted by molar-refractivity contribution is 6.17. The molecule has 102 valence electrons. The summed E-state index contributed by atoms with van der Waals surface area (Å²) in [7, 11) is 1.56. The molecule has 0 spiro atoms. The van der Waals surface area contributed by atoms with Crippen LogP contribution < -0.4 is 4.74 Å². The minimum atomic E-state index is -0.293. The van der Waals surface area contributed by atoms with Crippen molar-refractivity contribution in [3.05, 3.63) is 41.5 Å². The van der Waals surface area contributed by atoms with Gasteiger partial charge in [0.2, 0.25) is 0 Å². The topological polar surface area (TPSA) is 39.9 Å². The third-order valence-corrected chi connectivity index (χ3v) is 2.99. The van der Waals surface area contributed by atoms with E-state index in [-0.39, 0.29) is 5.82 Å². The van der Waals surface area contributed by atoms with Crippen molar-refractivity contribution >= 4 is 11.6 Å². The molecule has 1 heterocycles. The van der Waals surface area contributed by atoms with Gasteiger partial charge < -0.3 is 4.74 Å². The lowest BCUT2D eigenvalue weighted by molar-refractivity contribution is 0.405. The fraction of sp³-hybridized carbons (Fsp3) is 0.385. The Labute approximate surface area is 116 Å². The molecule has 2 rings (SSSR count). The Balaban J connectivity index is 2.12. The third-order valence-electron chi connectivity index (χ3n) is 2.73. The number of alkyl halides is 1. The lowest BCUT2D eigenvalue weighted by atomic mass is 10.2. The van der Waals surface area contributed by atoms with Crippen molar-refractivity contribution in [2.45, 2.75) is 19.4 Å². The van der Waals surface area contributed by atoms with Gasteiger partial charge in [-0.05, 0) is 31.0 Å². The average molecular weight is 284 g/mol. The lowest BCUT2D eigenvalue weighted by Crippen LogP contribution is -2.03. The van der Waals surface area contributed by atoms with Gasteiger partial charge in [-0.1, -0.05) is 5.21 Å². The molecule has 0 saturated carbocycles. The number of nitrogens with zero attached hydrogens (tertiary/aromatic N) is 3. The molecule has 6 heteroatoms. The second-order valence-corrected chi connectivity index (χ2v) is 4.53. The Morgan fingerprint density at radius 2 is 2.26 bits per heavy atom. The molecular formula is C13H15ClFN3O. The van der Waals surface area contributed by atoms with Crippen molar-refractivity contribution < 1.29 is 9.13 Å². The fourth-order valence-electron chi connectivity index (χ4n) is 1.82. The minimum Gasteiger partial charge on any atom is -0.496 e. The summed E-state index contributed by atoms with van der Waals surface area (Å²) in [5.74, 6) is 0.947. The van der Waals surface area contributed by atoms with Crippen LogP contribution in [0.1, 0.15) is 17.7 Å². The number of methoxy groups -OCH3 is 1. The molecule has 1 aromatic heterocycles. The zero-order valence-corrected chi connectivity index (χ0v) is 11.4. The van der Waals surface area contributed by atoms with Crippen molar-refractivity contribution in [1.82, 2.24) is 15.0 Å². The first-order valence-electron chi connectivity index (χ1n) is 6.00. The number of benzene rings is 1. The van der Waals surface area contributed by atoms with E-state index in [1.54, 1.807) is 17.9 Å². The van der Waals surface area contributed by atoms with Crippen LogP contribution in [0.5, 0.6) is 5.75 Å². The Morgan fingerprint density at radius 3 is 3.00 bits per heavy atom. The first-order chi connectivity index (χ1) is 9.22. The van der Waals surface area contributed by atoms with Crippen LogP contribution in [0.15, 0.2) is 24.4 Å². The van der Waals surface area contributed by atoms with E-state index in [0.29, 0.717) is 18.2 Å². The van der Waals surface area contributed by atoms with E-state index in [0.717, 1.165) is 24.1 Å². The standard InChI is InChI=1S/C13H15ClFN3O/c1-19-13-5-4-11(15)7-10(13)8-18-9-12(16-17-18)3-2-6-14/h4-5,7,9H,2-3,6,8H2,1H3. The molecule has 19 heavy (non-hydrogen) atoms. The van der Waals surface area contributed by atoms with Gasteiger partial charge in [-0.25, -0.2) is 9.07 Å². The number of halogens is 2. The first kappa shape index (κ1) is 13.8. The van der Waals surface area contributed by atoms with Crippen LogP contribution in [0.4, 0.5) is 4.39 Å². The summed E-state index contributed by atoms with van der Waals surface area (Å²) in [6, 6.07) is 4.42. The number of hydrogen-bond donors (Lipinski definition) is 0. The van der Waals surface area contributed by atoms with E-state index in [2.05, 4.69) is 10.3 Å². The molecule has 0 N–H and O–H groups in total. The van der Waals surface area contributed by atoms with Gasteiger partial charge in [0.05, 0.1) is 19.3 Å². The lowest BCUT2D eigenvalue weighted by Gasteiger charge is -2.07. The van der Waals surface area contributed by atoms with Crippen molar-refractivity contribution in [1.29, 1.82) is 0 Å². The van der Waals surface area contributed by atoms with Crippen molar-refractivity contribution in [3.8, 4) is 5.75 Å². The second-order valence-electron chi connectivity index (χ2n) is 4.16. The van der Waals surface area contributed by atoms with Gasteiger partial charge in [0.15, 0.2) is 0 Å². The highest BCUT2D eigenvalue weighted by Crippen LogP contribution is 2.20. The minimum absolute atomic E-state index is 0.293. The molecule has 0 amide bonds. The maximum atomic E-state index is 13.2. The third kappa shape index (κ3) is 3.67. The van der Waals surface area contributed by atoms with E-state index in [1.807, 2.05) is 6.20 Å². The van der Waals surface area contributed by atoms with Gasteiger partial charge in [0.1, 0.15) is 11.6 Å². The molecule has 0 saturated heterocycles. The van der Waals surface area contributed by atoms with Crippen LogP contribution in [0.25, 0.3) is 0 Å². The number of ether oxygens (including phenoxy) is 1. The molecule has 0 bridgehead atoms. The molecule has 4 nitrogen and oxygen atoms in total. The molecule has 0 aliphatic carbocycles. The first-order valence-corrected chi connectivity index (χ1v) is 6.53. The van der Waals surface area contributed by atoms with Crippen LogP contribution in [-0.2, 0) is 13.0 Å². The number of aromatic nitrogens is 3. The van der Waals surface area contributed by atoms with Gasteiger partial charge in [-0.15, -0.1) is 16.7 Å². The van der Waals surface area contributed by atoms with E-state index in [9.17, 15) is 4.39 Å². The highest BCUT2D eigenvalue weighted by Gasteiger charge is 2.07. The molecular weight excluding hydrogens is 269 g/mol. The molecule has 0 unspecified atom stereocenters. The predicted molar refractivity (Wildman–Crippen MR) is 71.1 cm³/mol. The van der Waals surface area contributed by atoms with Crippen LogP contribution in [0.2, 0.25) is 0 Å². The van der Waals surface area contributed by atoms with Crippen LogP contribution in [0, 0.1) is 5.82 Å². The molecule has 2 aromatic rings. The van der Waals surface area contributed by atoms with Crippen LogP contribution >= 0.6 is 11.6 Å². The summed E-state index contributed by atoms with van der Waals surface area (Å²) in [5, 5.41) is 8.06. The summed E-state index contributed by atoms with van der Waals surface area (Å²) in [6.45, 7) is 0.425. The van der Waals surface area contributed by atoms with Gasteiger partial charge >= 0.3 is 0 Å². The zero-order valence-electron chi connectivity index (χ0n) is 10.6. The highest BCUT2D eigenvalue weighted by atomic mass is 35.5. The molecule has 0 radical (unpaired) electrons. The van der Waals surface area contributed by atoms with Crippen LogP contribution in [0.3, 0.4) is 0 Å². The number of hydrogen-bond acceptors (Lipinski definition) is 3. The van der Waals surface area contributed by atoms with Gasteiger partial charge in [0.25, 0.3) is 0 Å². The van der Waals surface area contributed by atoms with Crippen molar-refractivity contribution in [2.75, 3.05) is 13.0 Å². The summed E-state index contributed by atoms with van der Waals surface area (Å²) < 4.78 is 20.1. The van der Waals surface area contributed by atoms with E-state index >= 15 is 0 Å². The zero-order chi connectivity index (χ0) is 13.7.